The maximum Gasteiger partial charge on any atom is 0.320 e. The van der Waals surface area contributed by atoms with Crippen LogP contribution in [0.2, 0.25) is 0 Å². The van der Waals surface area contributed by atoms with Crippen molar-refractivity contribution in [2.24, 2.45) is 0 Å². The van der Waals surface area contributed by atoms with E-state index in [-0.39, 0.29) is 25.1 Å². The molecule has 108 valence electrons. The number of non-ortho nitro benzene ring substituents is 1. The van der Waals surface area contributed by atoms with Crippen LogP contribution in [-0.4, -0.2) is 33.1 Å². The third kappa shape index (κ3) is 5.02. The molecule has 20 heavy (non-hydrogen) atoms. The summed E-state index contributed by atoms with van der Waals surface area (Å²) in [6.07, 6.45) is -0.276. The molecule has 0 radical (unpaired) electrons. The Morgan fingerprint density at radius 3 is 2.30 bits per heavy atom. The highest BCUT2D eigenvalue weighted by Gasteiger charge is 2.18. The van der Waals surface area contributed by atoms with E-state index >= 15 is 0 Å². The molecule has 8 nitrogen and oxygen atoms in total. The topological polar surface area (TPSA) is 130 Å². The van der Waals surface area contributed by atoms with Gasteiger partial charge in [0.1, 0.15) is 6.04 Å². The summed E-state index contributed by atoms with van der Waals surface area (Å²) in [7, 11) is 0. The zero-order valence-electron chi connectivity index (χ0n) is 10.5. The van der Waals surface area contributed by atoms with Crippen LogP contribution >= 0.6 is 0 Å². The standard InChI is InChI=1S/C12H14N2O6/c15-11(16)6-5-10(12(17)18)13-7-8-1-3-9(4-2-8)14(19)20/h1-4,10,13H,5-7H2,(H,15,16)(H,17,18)/t10-/m0/s1. The number of carboxylic acids is 2. The Bertz CT molecular complexity index is 499. The van der Waals surface area contributed by atoms with Crippen molar-refractivity contribution in [3.05, 3.63) is 39.9 Å². The molecule has 0 heterocycles. The third-order valence-corrected chi connectivity index (χ3v) is 2.64. The lowest BCUT2D eigenvalue weighted by molar-refractivity contribution is -0.384. The van der Waals surface area contributed by atoms with Crippen LogP contribution in [-0.2, 0) is 16.1 Å². The van der Waals surface area contributed by atoms with E-state index in [9.17, 15) is 19.7 Å². The number of carboxylic acid groups (broad SMARTS) is 2. The number of nitrogens with one attached hydrogen (secondary N) is 1. The number of rotatable bonds is 8. The van der Waals surface area contributed by atoms with Gasteiger partial charge in [-0.1, -0.05) is 12.1 Å². The Morgan fingerprint density at radius 2 is 1.85 bits per heavy atom. The van der Waals surface area contributed by atoms with Crippen molar-refractivity contribution in [3.8, 4) is 0 Å². The number of hydrogen-bond acceptors (Lipinski definition) is 5. The van der Waals surface area contributed by atoms with Crippen LogP contribution in [0.1, 0.15) is 18.4 Å². The molecule has 0 aliphatic heterocycles. The minimum Gasteiger partial charge on any atom is -0.481 e. The Labute approximate surface area is 114 Å². The number of hydrogen-bond donors (Lipinski definition) is 3. The number of benzene rings is 1. The normalized spacial score (nSPS) is 11.8. The monoisotopic (exact) mass is 282 g/mol. The van der Waals surface area contributed by atoms with Gasteiger partial charge in [0.15, 0.2) is 0 Å². The Morgan fingerprint density at radius 1 is 1.25 bits per heavy atom. The van der Waals surface area contributed by atoms with Gasteiger partial charge in [-0.05, 0) is 12.0 Å². The summed E-state index contributed by atoms with van der Waals surface area (Å²) < 4.78 is 0. The van der Waals surface area contributed by atoms with Gasteiger partial charge in [0.25, 0.3) is 5.69 Å². The second-order valence-electron chi connectivity index (χ2n) is 4.13. The Kier molecular flexibility index (Phi) is 5.60. The van der Waals surface area contributed by atoms with Crippen molar-refractivity contribution >= 4 is 17.6 Å². The molecular formula is C12H14N2O6. The lowest BCUT2D eigenvalue weighted by Gasteiger charge is -2.13. The van der Waals surface area contributed by atoms with Gasteiger partial charge in [0.05, 0.1) is 4.92 Å². The zero-order valence-corrected chi connectivity index (χ0v) is 10.5. The minimum atomic E-state index is -1.13. The summed E-state index contributed by atoms with van der Waals surface area (Å²) in [4.78, 5) is 31.3. The van der Waals surface area contributed by atoms with Crippen LogP contribution in [0.5, 0.6) is 0 Å². The summed E-state index contributed by atoms with van der Waals surface area (Å²) in [5, 5.41) is 30.6. The summed E-state index contributed by atoms with van der Waals surface area (Å²) in [6, 6.07) is 4.71. The van der Waals surface area contributed by atoms with E-state index in [4.69, 9.17) is 10.2 Å². The lowest BCUT2D eigenvalue weighted by atomic mass is 10.1. The van der Waals surface area contributed by atoms with Crippen molar-refractivity contribution in [3.63, 3.8) is 0 Å². The SMILES string of the molecule is O=C(O)CC[C@H](NCc1ccc([N+](=O)[O-])cc1)C(=O)O. The first-order chi connectivity index (χ1) is 9.40. The molecule has 3 N–H and O–H groups in total. The molecule has 0 unspecified atom stereocenters. The van der Waals surface area contributed by atoms with Crippen LogP contribution < -0.4 is 5.32 Å². The molecule has 0 aliphatic rings. The first-order valence-corrected chi connectivity index (χ1v) is 5.81. The summed E-state index contributed by atoms with van der Waals surface area (Å²) in [6.45, 7) is 0.189. The molecule has 0 amide bonds. The minimum absolute atomic E-state index is 0.0301. The molecule has 0 fully saturated rings. The molecular weight excluding hydrogens is 268 g/mol. The van der Waals surface area contributed by atoms with Gasteiger partial charge in [-0.25, -0.2) is 0 Å². The molecule has 0 bridgehead atoms. The summed E-state index contributed by atoms with van der Waals surface area (Å²) in [5.41, 5.74) is 0.631. The molecule has 0 aliphatic carbocycles. The molecule has 0 spiro atoms. The van der Waals surface area contributed by atoms with Crippen molar-refractivity contribution in [1.82, 2.24) is 5.32 Å². The number of nitro benzene ring substituents is 1. The van der Waals surface area contributed by atoms with E-state index in [1.54, 1.807) is 0 Å². The quantitative estimate of drug-likeness (QED) is 0.479. The van der Waals surface area contributed by atoms with Gasteiger partial charge < -0.3 is 15.5 Å². The van der Waals surface area contributed by atoms with Crippen molar-refractivity contribution in [2.45, 2.75) is 25.4 Å². The molecule has 0 saturated carbocycles. The molecule has 0 aromatic heterocycles. The number of aliphatic carboxylic acids is 2. The fraction of sp³-hybridized carbons (Fsp3) is 0.333. The predicted molar refractivity (Wildman–Crippen MR) is 68.2 cm³/mol. The second kappa shape index (κ2) is 7.19. The van der Waals surface area contributed by atoms with E-state index in [0.29, 0.717) is 5.56 Å². The maximum atomic E-state index is 10.9. The first kappa shape index (κ1) is 15.6. The molecule has 1 aromatic carbocycles. The first-order valence-electron chi connectivity index (χ1n) is 5.81. The van der Waals surface area contributed by atoms with E-state index in [0.717, 1.165) is 0 Å². The van der Waals surface area contributed by atoms with E-state index in [2.05, 4.69) is 5.32 Å². The van der Waals surface area contributed by atoms with Crippen LogP contribution in [0.3, 0.4) is 0 Å². The fourth-order valence-electron chi connectivity index (χ4n) is 1.56. The average Bonchev–Trinajstić information content (AvgIpc) is 2.38. The van der Waals surface area contributed by atoms with E-state index in [1.165, 1.54) is 24.3 Å². The lowest BCUT2D eigenvalue weighted by Crippen LogP contribution is -2.36. The van der Waals surface area contributed by atoms with Gasteiger partial charge in [-0.2, -0.15) is 0 Å². The Balaban J connectivity index is 2.56. The van der Waals surface area contributed by atoms with Crippen molar-refractivity contribution in [1.29, 1.82) is 0 Å². The highest BCUT2D eigenvalue weighted by molar-refractivity contribution is 5.75. The summed E-state index contributed by atoms with van der Waals surface area (Å²) in [5.74, 6) is -2.19. The van der Waals surface area contributed by atoms with Crippen LogP contribution in [0.15, 0.2) is 24.3 Å². The second-order valence-corrected chi connectivity index (χ2v) is 4.13. The predicted octanol–water partition coefficient (Wildman–Crippen LogP) is 1.00. The van der Waals surface area contributed by atoms with E-state index < -0.39 is 22.9 Å². The van der Waals surface area contributed by atoms with Crippen LogP contribution in [0.4, 0.5) is 5.69 Å². The summed E-state index contributed by atoms with van der Waals surface area (Å²) >= 11 is 0. The van der Waals surface area contributed by atoms with Crippen LogP contribution in [0, 0.1) is 10.1 Å². The maximum absolute atomic E-state index is 10.9. The molecule has 8 heteroatoms. The van der Waals surface area contributed by atoms with Crippen LogP contribution in [0.25, 0.3) is 0 Å². The zero-order chi connectivity index (χ0) is 15.1. The van der Waals surface area contributed by atoms with Gasteiger partial charge in [-0.15, -0.1) is 0 Å². The third-order valence-electron chi connectivity index (χ3n) is 2.64. The van der Waals surface area contributed by atoms with E-state index in [1.807, 2.05) is 0 Å². The fourth-order valence-corrected chi connectivity index (χ4v) is 1.56. The highest BCUT2D eigenvalue weighted by atomic mass is 16.6. The average molecular weight is 282 g/mol. The highest BCUT2D eigenvalue weighted by Crippen LogP contribution is 2.12. The smallest absolute Gasteiger partial charge is 0.320 e. The van der Waals surface area contributed by atoms with Crippen molar-refractivity contribution < 1.29 is 24.7 Å². The van der Waals surface area contributed by atoms with Gasteiger partial charge >= 0.3 is 11.9 Å². The molecule has 0 saturated heterocycles. The molecule has 1 aromatic rings. The van der Waals surface area contributed by atoms with Gasteiger partial charge in [0.2, 0.25) is 0 Å². The Hall–Kier alpha value is -2.48. The number of carbonyl (C=O) groups is 2. The number of nitro groups is 1. The van der Waals surface area contributed by atoms with Crippen molar-refractivity contribution in [2.75, 3.05) is 0 Å². The van der Waals surface area contributed by atoms with Gasteiger partial charge in [0, 0.05) is 25.1 Å². The number of nitrogens with zero attached hydrogens (tertiary/aromatic N) is 1. The largest absolute Gasteiger partial charge is 0.481 e. The van der Waals surface area contributed by atoms with Gasteiger partial charge in [-0.3, -0.25) is 19.7 Å². The molecule has 1 rings (SSSR count). The molecule has 1 atom stereocenters.